The number of azide groups is 1. The van der Waals surface area contributed by atoms with E-state index in [1.54, 1.807) is 24.3 Å². The van der Waals surface area contributed by atoms with Gasteiger partial charge in [0.25, 0.3) is 0 Å². The van der Waals surface area contributed by atoms with Crippen LogP contribution in [0.4, 0.5) is 0 Å². The molecule has 2 aromatic carbocycles. The zero-order chi connectivity index (χ0) is 16.9. The number of benzene rings is 2. The van der Waals surface area contributed by atoms with Gasteiger partial charge in [0.15, 0.2) is 11.5 Å². The van der Waals surface area contributed by atoms with Crippen molar-refractivity contribution in [3.8, 4) is 5.75 Å². The van der Waals surface area contributed by atoms with E-state index in [-0.39, 0.29) is 16.2 Å². The van der Waals surface area contributed by atoms with Crippen molar-refractivity contribution < 1.29 is 17.4 Å². The van der Waals surface area contributed by atoms with E-state index in [1.807, 2.05) is 6.92 Å². The van der Waals surface area contributed by atoms with E-state index in [4.69, 9.17) is 9.71 Å². The Morgan fingerprint density at radius 1 is 1.17 bits per heavy atom. The molecule has 2 aromatic rings. The maximum atomic E-state index is 12.3. The van der Waals surface area contributed by atoms with Gasteiger partial charge in [-0.25, -0.2) is 0 Å². The molecule has 7 nitrogen and oxygen atoms in total. The van der Waals surface area contributed by atoms with Crippen molar-refractivity contribution in [2.24, 2.45) is 5.11 Å². The van der Waals surface area contributed by atoms with Crippen molar-refractivity contribution in [3.63, 3.8) is 0 Å². The van der Waals surface area contributed by atoms with Crippen molar-refractivity contribution in [2.75, 3.05) is 6.54 Å². The highest BCUT2D eigenvalue weighted by atomic mass is 32.2. The number of Topliss-reactive ketones (excluding diaryl/α,β-unsaturated/α-hetero) is 1. The number of rotatable bonds is 6. The van der Waals surface area contributed by atoms with Gasteiger partial charge in [-0.15, -0.1) is 0 Å². The minimum atomic E-state index is -4.06. The molecule has 0 bridgehead atoms. The second kappa shape index (κ2) is 6.95. The Morgan fingerprint density at radius 2 is 1.83 bits per heavy atom. The number of aryl methyl sites for hydroxylation is 1. The molecule has 0 radical (unpaired) electrons. The fraction of sp³-hybridized carbons (Fsp3) is 0.133. The standard InChI is InChI=1S/C15H13N3O4S/c1-11-6-8-12(9-7-11)23(20,21)22-15-5-3-2-4-13(15)14(19)10-17-18-16/h2-9H,10H2,1H3. The first-order valence-electron chi connectivity index (χ1n) is 6.58. The second-order valence-electron chi connectivity index (χ2n) is 4.66. The summed E-state index contributed by atoms with van der Waals surface area (Å²) in [6.45, 7) is 1.42. The molecule has 0 aromatic heterocycles. The molecule has 0 saturated carbocycles. The maximum absolute atomic E-state index is 12.3. The van der Waals surface area contributed by atoms with E-state index in [0.717, 1.165) is 5.56 Å². The highest BCUT2D eigenvalue weighted by Gasteiger charge is 2.20. The molecule has 0 atom stereocenters. The number of nitrogens with zero attached hydrogens (tertiary/aromatic N) is 3. The van der Waals surface area contributed by atoms with Gasteiger partial charge >= 0.3 is 10.1 Å². The number of hydrogen-bond acceptors (Lipinski definition) is 5. The molecule has 8 heteroatoms. The molecule has 0 heterocycles. The van der Waals surface area contributed by atoms with E-state index >= 15 is 0 Å². The summed E-state index contributed by atoms with van der Waals surface area (Å²) in [6.07, 6.45) is 0. The number of hydrogen-bond donors (Lipinski definition) is 0. The van der Waals surface area contributed by atoms with Crippen molar-refractivity contribution in [1.82, 2.24) is 0 Å². The summed E-state index contributed by atoms with van der Waals surface area (Å²) in [5.74, 6) is -0.635. The van der Waals surface area contributed by atoms with E-state index in [0.29, 0.717) is 0 Å². The van der Waals surface area contributed by atoms with Crippen LogP contribution in [0.25, 0.3) is 10.4 Å². The van der Waals surface area contributed by atoms with Crippen LogP contribution < -0.4 is 4.18 Å². The average Bonchev–Trinajstić information content (AvgIpc) is 2.53. The van der Waals surface area contributed by atoms with Crippen LogP contribution >= 0.6 is 0 Å². The zero-order valence-electron chi connectivity index (χ0n) is 12.2. The van der Waals surface area contributed by atoms with Crippen LogP contribution in [0.15, 0.2) is 58.5 Å². The first kappa shape index (κ1) is 16.5. The Balaban J connectivity index is 2.34. The number of ketones is 1. The van der Waals surface area contributed by atoms with Crippen LogP contribution in [0.1, 0.15) is 15.9 Å². The van der Waals surface area contributed by atoms with E-state index < -0.39 is 22.4 Å². The van der Waals surface area contributed by atoms with Crippen LogP contribution in [-0.2, 0) is 10.1 Å². The molecule has 118 valence electrons. The summed E-state index contributed by atoms with van der Waals surface area (Å²) >= 11 is 0. The monoisotopic (exact) mass is 331 g/mol. The number of carbonyl (C=O) groups excluding carboxylic acids is 1. The molecule has 0 aliphatic rings. The van der Waals surface area contributed by atoms with Crippen LogP contribution in [-0.4, -0.2) is 20.7 Å². The van der Waals surface area contributed by atoms with E-state index in [2.05, 4.69) is 10.0 Å². The maximum Gasteiger partial charge on any atom is 0.339 e. The summed E-state index contributed by atoms with van der Waals surface area (Å²) in [7, 11) is -4.06. The normalized spacial score (nSPS) is 10.7. The summed E-state index contributed by atoms with van der Waals surface area (Å²) in [6, 6.07) is 12.0. The zero-order valence-corrected chi connectivity index (χ0v) is 13.0. The average molecular weight is 331 g/mol. The van der Waals surface area contributed by atoms with Gasteiger partial charge in [0, 0.05) is 4.91 Å². The third-order valence-electron chi connectivity index (χ3n) is 2.97. The quantitative estimate of drug-likeness (QED) is 0.266. The highest BCUT2D eigenvalue weighted by molar-refractivity contribution is 7.87. The van der Waals surface area contributed by atoms with Crippen molar-refractivity contribution in [1.29, 1.82) is 0 Å². The minimum absolute atomic E-state index is 0.0135. The van der Waals surface area contributed by atoms with Gasteiger partial charge in [0.05, 0.1) is 12.1 Å². The largest absolute Gasteiger partial charge is 0.378 e. The van der Waals surface area contributed by atoms with Crippen molar-refractivity contribution in [3.05, 3.63) is 70.1 Å². The SMILES string of the molecule is Cc1ccc(S(=O)(=O)Oc2ccccc2C(=O)CN=[N+]=[N-])cc1. The first-order chi connectivity index (χ1) is 10.9. The Hall–Kier alpha value is -2.83. The van der Waals surface area contributed by atoms with E-state index in [1.165, 1.54) is 24.3 Å². The molecule has 0 spiro atoms. The Labute approximate surface area is 133 Å². The van der Waals surface area contributed by atoms with Crippen molar-refractivity contribution >= 4 is 15.9 Å². The van der Waals surface area contributed by atoms with Gasteiger partial charge in [0.1, 0.15) is 4.90 Å². The molecule has 0 aliphatic carbocycles. The second-order valence-corrected chi connectivity index (χ2v) is 6.21. The fourth-order valence-electron chi connectivity index (χ4n) is 1.82. The number of carbonyl (C=O) groups is 1. The van der Waals surface area contributed by atoms with Gasteiger partial charge in [-0.2, -0.15) is 8.42 Å². The molecule has 0 N–H and O–H groups in total. The molecular formula is C15H13N3O4S. The highest BCUT2D eigenvalue weighted by Crippen LogP contribution is 2.23. The Morgan fingerprint density at radius 3 is 2.48 bits per heavy atom. The lowest BCUT2D eigenvalue weighted by Crippen LogP contribution is -2.13. The van der Waals surface area contributed by atoms with Gasteiger partial charge in [-0.3, -0.25) is 4.79 Å². The van der Waals surface area contributed by atoms with Gasteiger partial charge in [-0.1, -0.05) is 34.9 Å². The molecular weight excluding hydrogens is 318 g/mol. The summed E-state index contributed by atoms with van der Waals surface area (Å²) < 4.78 is 29.6. The Bertz CT molecular complexity index is 870. The predicted octanol–water partition coefficient (Wildman–Crippen LogP) is 3.26. The minimum Gasteiger partial charge on any atom is -0.378 e. The van der Waals surface area contributed by atoms with Gasteiger partial charge in [0.2, 0.25) is 0 Å². The molecule has 0 fully saturated rings. The van der Waals surface area contributed by atoms with Crippen molar-refractivity contribution in [2.45, 2.75) is 11.8 Å². The van der Waals surface area contributed by atoms with E-state index in [9.17, 15) is 13.2 Å². The lowest BCUT2D eigenvalue weighted by Gasteiger charge is -2.10. The summed E-state index contributed by atoms with van der Waals surface area (Å²) in [5.41, 5.74) is 9.22. The third kappa shape index (κ3) is 4.09. The van der Waals surface area contributed by atoms with Crippen LogP contribution in [0, 0.1) is 6.92 Å². The fourth-order valence-corrected chi connectivity index (χ4v) is 2.77. The lowest BCUT2D eigenvalue weighted by molar-refractivity contribution is 0.1000. The molecule has 0 saturated heterocycles. The molecule has 23 heavy (non-hydrogen) atoms. The summed E-state index contributed by atoms with van der Waals surface area (Å²) in [4.78, 5) is 14.4. The topological polar surface area (TPSA) is 109 Å². The van der Waals surface area contributed by atoms with Gasteiger partial charge in [-0.05, 0) is 36.7 Å². The molecule has 0 unspecified atom stereocenters. The van der Waals surface area contributed by atoms with Gasteiger partial charge < -0.3 is 4.18 Å². The summed E-state index contributed by atoms with van der Waals surface area (Å²) in [5, 5.41) is 3.18. The molecule has 0 aliphatic heterocycles. The predicted molar refractivity (Wildman–Crippen MR) is 83.8 cm³/mol. The molecule has 0 amide bonds. The number of para-hydroxylation sites is 1. The van der Waals surface area contributed by atoms with Crippen LogP contribution in [0.2, 0.25) is 0 Å². The first-order valence-corrected chi connectivity index (χ1v) is 7.99. The van der Waals surface area contributed by atoms with Crippen LogP contribution in [0.3, 0.4) is 0 Å². The van der Waals surface area contributed by atoms with Crippen LogP contribution in [0.5, 0.6) is 5.75 Å². The Kier molecular flexibility index (Phi) is 5.00. The smallest absolute Gasteiger partial charge is 0.339 e. The lowest BCUT2D eigenvalue weighted by atomic mass is 10.1. The molecule has 2 rings (SSSR count). The third-order valence-corrected chi connectivity index (χ3v) is 4.22.